The number of nitrogens with one attached hydrogen (secondary N) is 1. The van der Waals surface area contributed by atoms with E-state index < -0.39 is 0 Å². The SMILES string of the molecule is CCOc1cccc2sc(NC(=O)Cc3cccc4ccccc34)nc12. The van der Waals surface area contributed by atoms with Gasteiger partial charge in [0, 0.05) is 0 Å². The Bertz CT molecular complexity index is 1080. The second kappa shape index (κ2) is 7.14. The molecule has 0 aliphatic carbocycles. The van der Waals surface area contributed by atoms with Gasteiger partial charge in [-0.1, -0.05) is 59.9 Å². The number of anilines is 1. The molecule has 4 nitrogen and oxygen atoms in total. The highest BCUT2D eigenvalue weighted by Gasteiger charge is 2.12. The van der Waals surface area contributed by atoms with Gasteiger partial charge in [0.15, 0.2) is 5.13 Å². The lowest BCUT2D eigenvalue weighted by Crippen LogP contribution is -2.14. The summed E-state index contributed by atoms with van der Waals surface area (Å²) in [6, 6.07) is 19.9. The largest absolute Gasteiger partial charge is 0.492 e. The lowest BCUT2D eigenvalue weighted by atomic mass is 10.0. The van der Waals surface area contributed by atoms with Crippen molar-refractivity contribution in [3.8, 4) is 5.75 Å². The number of fused-ring (bicyclic) bond motifs is 2. The molecule has 0 aliphatic heterocycles. The fraction of sp³-hybridized carbons (Fsp3) is 0.143. The van der Waals surface area contributed by atoms with Crippen LogP contribution < -0.4 is 10.1 Å². The first kappa shape index (κ1) is 16.5. The van der Waals surface area contributed by atoms with Gasteiger partial charge in [0.05, 0.1) is 17.7 Å². The number of hydrogen-bond donors (Lipinski definition) is 1. The Morgan fingerprint density at radius 1 is 1.08 bits per heavy atom. The van der Waals surface area contributed by atoms with Crippen molar-refractivity contribution in [2.45, 2.75) is 13.3 Å². The zero-order chi connectivity index (χ0) is 17.9. The Kier molecular flexibility index (Phi) is 4.54. The number of ether oxygens (including phenoxy) is 1. The van der Waals surface area contributed by atoms with Crippen LogP contribution in [0.2, 0.25) is 0 Å². The third-order valence-electron chi connectivity index (χ3n) is 4.16. The van der Waals surface area contributed by atoms with Gasteiger partial charge in [0.25, 0.3) is 0 Å². The first-order valence-corrected chi connectivity index (χ1v) is 9.35. The summed E-state index contributed by atoms with van der Waals surface area (Å²) in [7, 11) is 0. The molecule has 0 unspecified atom stereocenters. The van der Waals surface area contributed by atoms with E-state index in [1.54, 1.807) is 0 Å². The van der Waals surface area contributed by atoms with Crippen molar-refractivity contribution in [1.29, 1.82) is 0 Å². The summed E-state index contributed by atoms with van der Waals surface area (Å²) in [5, 5.41) is 5.76. The number of carbonyl (C=O) groups is 1. The molecule has 3 aromatic carbocycles. The number of carbonyl (C=O) groups excluding carboxylic acids is 1. The normalized spacial score (nSPS) is 11.0. The highest BCUT2D eigenvalue weighted by atomic mass is 32.1. The molecular formula is C21H18N2O2S. The van der Waals surface area contributed by atoms with E-state index in [1.807, 2.05) is 55.5 Å². The quantitative estimate of drug-likeness (QED) is 0.542. The van der Waals surface area contributed by atoms with Crippen molar-refractivity contribution in [2.24, 2.45) is 0 Å². The van der Waals surface area contributed by atoms with Gasteiger partial charge in [-0.25, -0.2) is 4.98 Å². The smallest absolute Gasteiger partial charge is 0.230 e. The van der Waals surface area contributed by atoms with E-state index in [9.17, 15) is 4.79 Å². The molecule has 0 spiro atoms. The topological polar surface area (TPSA) is 51.2 Å². The third kappa shape index (κ3) is 3.26. The summed E-state index contributed by atoms with van der Waals surface area (Å²) in [4.78, 5) is 17.1. The number of hydrogen-bond acceptors (Lipinski definition) is 4. The molecule has 1 aromatic heterocycles. The molecule has 130 valence electrons. The Morgan fingerprint density at radius 2 is 1.88 bits per heavy atom. The molecule has 0 radical (unpaired) electrons. The van der Waals surface area contributed by atoms with Crippen molar-refractivity contribution >= 4 is 43.4 Å². The monoisotopic (exact) mass is 362 g/mol. The van der Waals surface area contributed by atoms with Crippen LogP contribution in [0.3, 0.4) is 0 Å². The minimum absolute atomic E-state index is 0.0710. The van der Waals surface area contributed by atoms with Crippen molar-refractivity contribution < 1.29 is 9.53 Å². The molecule has 5 heteroatoms. The van der Waals surface area contributed by atoms with Gasteiger partial charge in [-0.3, -0.25) is 4.79 Å². The van der Waals surface area contributed by atoms with Crippen molar-refractivity contribution in [2.75, 3.05) is 11.9 Å². The average molecular weight is 362 g/mol. The van der Waals surface area contributed by atoms with Crippen LogP contribution in [0.5, 0.6) is 5.75 Å². The van der Waals surface area contributed by atoms with Crippen LogP contribution in [0, 0.1) is 0 Å². The van der Waals surface area contributed by atoms with E-state index in [2.05, 4.69) is 22.4 Å². The molecule has 0 atom stereocenters. The number of benzene rings is 3. The maximum atomic E-state index is 12.5. The highest BCUT2D eigenvalue weighted by Crippen LogP contribution is 2.32. The molecule has 26 heavy (non-hydrogen) atoms. The minimum Gasteiger partial charge on any atom is -0.492 e. The Hall–Kier alpha value is -2.92. The van der Waals surface area contributed by atoms with E-state index in [1.165, 1.54) is 11.3 Å². The van der Waals surface area contributed by atoms with Gasteiger partial charge < -0.3 is 10.1 Å². The van der Waals surface area contributed by atoms with Crippen LogP contribution in [0.4, 0.5) is 5.13 Å². The fourth-order valence-electron chi connectivity index (χ4n) is 3.03. The van der Waals surface area contributed by atoms with Crippen LogP contribution in [-0.2, 0) is 11.2 Å². The Morgan fingerprint density at radius 3 is 2.77 bits per heavy atom. The molecule has 0 saturated carbocycles. The maximum Gasteiger partial charge on any atom is 0.230 e. The summed E-state index contributed by atoms with van der Waals surface area (Å²) in [5.41, 5.74) is 1.80. The molecule has 0 aliphatic rings. The lowest BCUT2D eigenvalue weighted by Gasteiger charge is -2.06. The van der Waals surface area contributed by atoms with Crippen LogP contribution in [-0.4, -0.2) is 17.5 Å². The van der Waals surface area contributed by atoms with Gasteiger partial charge in [0.1, 0.15) is 11.3 Å². The Balaban J connectivity index is 1.56. The van der Waals surface area contributed by atoms with Gasteiger partial charge in [0.2, 0.25) is 5.91 Å². The number of rotatable bonds is 5. The average Bonchev–Trinajstić information content (AvgIpc) is 3.05. The number of aromatic nitrogens is 1. The molecule has 1 N–H and O–H groups in total. The predicted octanol–water partition coefficient (Wildman–Crippen LogP) is 5.03. The number of thiazole rings is 1. The zero-order valence-electron chi connectivity index (χ0n) is 14.4. The summed E-state index contributed by atoms with van der Waals surface area (Å²) < 4.78 is 6.61. The molecule has 4 aromatic rings. The maximum absolute atomic E-state index is 12.5. The number of nitrogens with zero attached hydrogens (tertiary/aromatic N) is 1. The molecule has 0 bridgehead atoms. The van der Waals surface area contributed by atoms with Crippen molar-refractivity contribution in [3.63, 3.8) is 0 Å². The Labute approximate surface area is 155 Å². The van der Waals surface area contributed by atoms with Crippen LogP contribution in [0.25, 0.3) is 21.0 Å². The number of amides is 1. The van der Waals surface area contributed by atoms with Gasteiger partial charge in [-0.2, -0.15) is 0 Å². The van der Waals surface area contributed by atoms with Crippen LogP contribution in [0.15, 0.2) is 60.7 Å². The van der Waals surface area contributed by atoms with E-state index in [-0.39, 0.29) is 5.91 Å². The van der Waals surface area contributed by atoms with E-state index in [0.717, 1.165) is 32.3 Å². The van der Waals surface area contributed by atoms with Gasteiger partial charge in [-0.15, -0.1) is 0 Å². The molecule has 0 saturated heterocycles. The van der Waals surface area contributed by atoms with E-state index in [0.29, 0.717) is 18.2 Å². The molecule has 1 amide bonds. The fourth-order valence-corrected chi connectivity index (χ4v) is 3.93. The second-order valence-corrected chi connectivity index (χ2v) is 6.95. The van der Waals surface area contributed by atoms with Gasteiger partial charge in [-0.05, 0) is 35.4 Å². The minimum atomic E-state index is -0.0710. The second-order valence-electron chi connectivity index (χ2n) is 5.92. The summed E-state index contributed by atoms with van der Waals surface area (Å²) >= 11 is 1.46. The van der Waals surface area contributed by atoms with E-state index >= 15 is 0 Å². The van der Waals surface area contributed by atoms with Crippen molar-refractivity contribution in [1.82, 2.24) is 4.98 Å². The lowest BCUT2D eigenvalue weighted by molar-refractivity contribution is -0.115. The molecule has 1 heterocycles. The zero-order valence-corrected chi connectivity index (χ0v) is 15.2. The first-order chi connectivity index (χ1) is 12.7. The van der Waals surface area contributed by atoms with Gasteiger partial charge >= 0.3 is 0 Å². The van der Waals surface area contributed by atoms with E-state index in [4.69, 9.17) is 4.74 Å². The van der Waals surface area contributed by atoms with Crippen molar-refractivity contribution in [3.05, 3.63) is 66.2 Å². The van der Waals surface area contributed by atoms with Crippen LogP contribution >= 0.6 is 11.3 Å². The highest BCUT2D eigenvalue weighted by molar-refractivity contribution is 7.22. The summed E-state index contributed by atoms with van der Waals surface area (Å²) in [5.74, 6) is 0.675. The number of para-hydroxylation sites is 1. The summed E-state index contributed by atoms with van der Waals surface area (Å²) in [6.45, 7) is 2.53. The molecule has 4 rings (SSSR count). The molecular weight excluding hydrogens is 344 g/mol. The third-order valence-corrected chi connectivity index (χ3v) is 5.10. The standard InChI is InChI=1S/C21H18N2O2S/c1-2-25-17-11-6-12-18-20(17)23-21(26-18)22-19(24)13-15-9-5-8-14-7-3-4-10-16(14)15/h3-12H,2,13H2,1H3,(H,22,23,24). The molecule has 0 fully saturated rings. The predicted molar refractivity (Wildman–Crippen MR) is 107 cm³/mol. The van der Waals surface area contributed by atoms with Crippen LogP contribution in [0.1, 0.15) is 12.5 Å². The first-order valence-electron chi connectivity index (χ1n) is 8.53. The summed E-state index contributed by atoms with van der Waals surface area (Å²) in [6.07, 6.45) is 0.315.